The molecule has 0 spiro atoms. The monoisotopic (exact) mass is 425 g/mol. The Balaban J connectivity index is 1.49. The minimum atomic E-state index is -0.359. The molecule has 0 bridgehead atoms. The summed E-state index contributed by atoms with van der Waals surface area (Å²) in [4.78, 5) is 30.5. The van der Waals surface area contributed by atoms with Crippen LogP contribution in [0.1, 0.15) is 27.9 Å². The van der Waals surface area contributed by atoms with Crippen molar-refractivity contribution < 1.29 is 14.3 Å². The van der Waals surface area contributed by atoms with Gasteiger partial charge in [-0.3, -0.25) is 9.20 Å². The Kier molecular flexibility index (Phi) is 5.46. The fourth-order valence-electron chi connectivity index (χ4n) is 2.99. The first kappa shape index (κ1) is 19.4. The number of hydrogen-bond donors (Lipinski definition) is 1. The second-order valence-corrected chi connectivity index (χ2v) is 8.33. The van der Waals surface area contributed by atoms with Crippen LogP contribution in [0.3, 0.4) is 0 Å². The molecule has 4 aromatic rings. The molecule has 1 aromatic carbocycles. The van der Waals surface area contributed by atoms with Crippen molar-refractivity contribution >= 4 is 44.5 Å². The van der Waals surface area contributed by atoms with E-state index in [0.717, 1.165) is 27.5 Å². The number of carbonyl (C=O) groups is 2. The number of amides is 1. The smallest absolute Gasteiger partial charge is 0.348 e. The van der Waals surface area contributed by atoms with Crippen LogP contribution in [0.4, 0.5) is 5.00 Å². The quantitative estimate of drug-likeness (QED) is 0.451. The minimum absolute atomic E-state index is 0.142. The minimum Gasteiger partial charge on any atom is -0.462 e. The zero-order valence-electron chi connectivity index (χ0n) is 16.0. The Labute approximate surface area is 175 Å². The standard InChI is InChI=1S/C21H19N3O3S2/c1-3-27-20(26)19-13(2)9-18(29-19)23-17(25)10-15-12-28-21-22-16(11-24(15)21)14-7-5-4-6-8-14/h4-9,11-12H,3,10H2,1-2H3,(H,23,25). The maximum atomic E-state index is 12.6. The SMILES string of the molecule is CCOC(=O)c1sc(NC(=O)Cc2csc3nc(-c4ccccc4)cn23)cc1C. The maximum Gasteiger partial charge on any atom is 0.348 e. The highest BCUT2D eigenvalue weighted by atomic mass is 32.1. The molecule has 6 nitrogen and oxygen atoms in total. The van der Waals surface area contributed by atoms with Crippen LogP contribution >= 0.6 is 22.7 Å². The molecule has 148 valence electrons. The van der Waals surface area contributed by atoms with Crippen LogP contribution in [0, 0.1) is 6.92 Å². The number of fused-ring (bicyclic) bond motifs is 1. The third kappa shape index (κ3) is 4.08. The molecule has 0 atom stereocenters. The number of ether oxygens (including phenoxy) is 1. The van der Waals surface area contributed by atoms with Crippen LogP contribution < -0.4 is 5.32 Å². The van der Waals surface area contributed by atoms with Gasteiger partial charge in [-0.15, -0.1) is 22.7 Å². The first-order valence-electron chi connectivity index (χ1n) is 9.13. The molecular formula is C21H19N3O3S2. The van der Waals surface area contributed by atoms with Crippen molar-refractivity contribution in [1.82, 2.24) is 9.38 Å². The Hall–Kier alpha value is -2.97. The first-order valence-corrected chi connectivity index (χ1v) is 10.8. The molecule has 0 aliphatic heterocycles. The molecule has 0 saturated heterocycles. The summed E-state index contributed by atoms with van der Waals surface area (Å²) in [5.41, 5.74) is 3.59. The average molecular weight is 426 g/mol. The Morgan fingerprint density at radius 1 is 1.24 bits per heavy atom. The molecule has 0 unspecified atom stereocenters. The predicted octanol–water partition coefficient (Wildman–Crippen LogP) is 4.79. The number of thiazole rings is 1. The number of benzene rings is 1. The topological polar surface area (TPSA) is 72.7 Å². The van der Waals surface area contributed by atoms with Crippen molar-refractivity contribution in [1.29, 1.82) is 0 Å². The zero-order chi connectivity index (χ0) is 20.4. The normalized spacial score (nSPS) is 11.0. The van der Waals surface area contributed by atoms with Gasteiger partial charge in [0.15, 0.2) is 4.96 Å². The number of aryl methyl sites for hydroxylation is 1. The van der Waals surface area contributed by atoms with Crippen molar-refractivity contribution in [2.45, 2.75) is 20.3 Å². The number of rotatable bonds is 6. The molecule has 0 aliphatic rings. The van der Waals surface area contributed by atoms with Gasteiger partial charge in [-0.1, -0.05) is 30.3 Å². The van der Waals surface area contributed by atoms with Gasteiger partial charge >= 0.3 is 5.97 Å². The largest absolute Gasteiger partial charge is 0.462 e. The Bertz CT molecular complexity index is 1170. The summed E-state index contributed by atoms with van der Waals surface area (Å²) in [5.74, 6) is -0.502. The molecule has 8 heteroatoms. The van der Waals surface area contributed by atoms with Crippen molar-refractivity contribution in [3.8, 4) is 11.3 Å². The highest BCUT2D eigenvalue weighted by Gasteiger charge is 2.17. The number of anilines is 1. The van der Waals surface area contributed by atoms with Crippen LogP contribution in [0.5, 0.6) is 0 Å². The number of nitrogens with zero attached hydrogens (tertiary/aromatic N) is 2. The van der Waals surface area contributed by atoms with Gasteiger partial charge < -0.3 is 10.1 Å². The average Bonchev–Trinajstić information content (AvgIpc) is 3.38. The van der Waals surface area contributed by atoms with E-state index in [-0.39, 0.29) is 18.3 Å². The fraction of sp³-hybridized carbons (Fsp3) is 0.190. The highest BCUT2D eigenvalue weighted by Crippen LogP contribution is 2.28. The Morgan fingerprint density at radius 2 is 2.03 bits per heavy atom. The summed E-state index contributed by atoms with van der Waals surface area (Å²) in [6.45, 7) is 3.92. The third-order valence-electron chi connectivity index (χ3n) is 4.34. The van der Waals surface area contributed by atoms with Gasteiger partial charge in [0.05, 0.1) is 23.7 Å². The number of hydrogen-bond acceptors (Lipinski definition) is 6. The van der Waals surface area contributed by atoms with Crippen LogP contribution in [0.15, 0.2) is 48.0 Å². The number of imidazole rings is 1. The molecule has 4 rings (SSSR count). The van der Waals surface area contributed by atoms with E-state index in [1.54, 1.807) is 13.0 Å². The summed E-state index contributed by atoms with van der Waals surface area (Å²) < 4.78 is 7.00. The summed E-state index contributed by atoms with van der Waals surface area (Å²) in [5, 5.41) is 5.47. The summed E-state index contributed by atoms with van der Waals surface area (Å²) in [7, 11) is 0. The molecule has 29 heavy (non-hydrogen) atoms. The van der Waals surface area contributed by atoms with E-state index in [1.807, 2.05) is 53.2 Å². The fourth-order valence-corrected chi connectivity index (χ4v) is 4.85. The zero-order valence-corrected chi connectivity index (χ0v) is 17.6. The van der Waals surface area contributed by atoms with Crippen LogP contribution in [0.25, 0.3) is 16.2 Å². The van der Waals surface area contributed by atoms with Gasteiger partial charge in [-0.25, -0.2) is 9.78 Å². The summed E-state index contributed by atoms with van der Waals surface area (Å²) >= 11 is 2.74. The second-order valence-electron chi connectivity index (χ2n) is 6.44. The van der Waals surface area contributed by atoms with Gasteiger partial charge in [0.25, 0.3) is 0 Å². The molecule has 0 saturated carbocycles. The van der Waals surface area contributed by atoms with Crippen LogP contribution in [-0.4, -0.2) is 27.9 Å². The van der Waals surface area contributed by atoms with E-state index in [1.165, 1.54) is 22.7 Å². The van der Waals surface area contributed by atoms with Gasteiger partial charge in [-0.2, -0.15) is 0 Å². The number of thiophene rings is 1. The molecule has 1 N–H and O–H groups in total. The Morgan fingerprint density at radius 3 is 2.79 bits per heavy atom. The lowest BCUT2D eigenvalue weighted by Gasteiger charge is -2.02. The molecular weight excluding hydrogens is 406 g/mol. The first-order chi connectivity index (χ1) is 14.0. The van der Waals surface area contributed by atoms with Crippen molar-refractivity contribution in [3.63, 3.8) is 0 Å². The lowest BCUT2D eigenvalue weighted by molar-refractivity contribution is -0.115. The van der Waals surface area contributed by atoms with E-state index in [9.17, 15) is 9.59 Å². The third-order valence-corrected chi connectivity index (χ3v) is 6.36. The molecule has 0 aliphatic carbocycles. The number of carbonyl (C=O) groups excluding carboxylic acids is 2. The number of aromatic nitrogens is 2. The summed E-state index contributed by atoms with van der Waals surface area (Å²) in [6.07, 6.45) is 2.17. The van der Waals surface area contributed by atoms with E-state index in [2.05, 4.69) is 10.3 Å². The van der Waals surface area contributed by atoms with E-state index in [4.69, 9.17) is 4.74 Å². The maximum absolute atomic E-state index is 12.6. The number of esters is 1. The van der Waals surface area contributed by atoms with Crippen molar-refractivity contribution in [3.05, 3.63) is 64.1 Å². The predicted molar refractivity (Wildman–Crippen MR) is 116 cm³/mol. The molecule has 0 fully saturated rings. The lowest BCUT2D eigenvalue weighted by atomic mass is 10.2. The van der Waals surface area contributed by atoms with Gasteiger partial charge in [0, 0.05) is 22.8 Å². The summed E-state index contributed by atoms with van der Waals surface area (Å²) in [6, 6.07) is 11.7. The van der Waals surface area contributed by atoms with Crippen molar-refractivity contribution in [2.24, 2.45) is 0 Å². The van der Waals surface area contributed by atoms with E-state index >= 15 is 0 Å². The molecule has 1 amide bonds. The van der Waals surface area contributed by atoms with E-state index < -0.39 is 0 Å². The van der Waals surface area contributed by atoms with Gasteiger partial charge in [0.2, 0.25) is 5.91 Å². The molecule has 0 radical (unpaired) electrons. The van der Waals surface area contributed by atoms with Gasteiger partial charge in [0.1, 0.15) is 4.88 Å². The van der Waals surface area contributed by atoms with Crippen molar-refractivity contribution in [2.75, 3.05) is 11.9 Å². The number of nitrogens with one attached hydrogen (secondary N) is 1. The molecule has 3 heterocycles. The van der Waals surface area contributed by atoms with Gasteiger partial charge in [-0.05, 0) is 25.5 Å². The highest BCUT2D eigenvalue weighted by molar-refractivity contribution is 7.18. The molecule has 3 aromatic heterocycles. The van der Waals surface area contributed by atoms with Crippen LogP contribution in [-0.2, 0) is 16.0 Å². The lowest BCUT2D eigenvalue weighted by Crippen LogP contribution is -2.14. The van der Waals surface area contributed by atoms with E-state index in [0.29, 0.717) is 16.5 Å². The second kappa shape index (κ2) is 8.18. The van der Waals surface area contributed by atoms with Crippen LogP contribution in [0.2, 0.25) is 0 Å².